The number of nitrogens with one attached hydrogen (secondary N) is 2. The molecular weight excluding hydrogens is 416 g/mol. The van der Waals surface area contributed by atoms with Crippen molar-refractivity contribution in [3.05, 3.63) is 89.6 Å². The van der Waals surface area contributed by atoms with Crippen LogP contribution in [0.4, 0.5) is 11.6 Å². The fraction of sp³-hybridized carbons (Fsp3) is 0.154. The van der Waals surface area contributed by atoms with Crippen LogP contribution in [0.25, 0.3) is 11.0 Å². The second-order valence-corrected chi connectivity index (χ2v) is 7.82. The van der Waals surface area contributed by atoms with E-state index in [1.165, 1.54) is 0 Å². The normalized spacial score (nSPS) is 15.1. The first-order valence-corrected chi connectivity index (χ1v) is 10.6. The van der Waals surface area contributed by atoms with Gasteiger partial charge in [0, 0.05) is 11.4 Å². The van der Waals surface area contributed by atoms with Crippen LogP contribution in [0.5, 0.6) is 11.5 Å². The summed E-state index contributed by atoms with van der Waals surface area (Å²) in [6.45, 7) is 1.91. The van der Waals surface area contributed by atoms with Crippen molar-refractivity contribution < 1.29 is 14.3 Å². The molecule has 1 aliphatic rings. The zero-order valence-corrected chi connectivity index (χ0v) is 18.6. The van der Waals surface area contributed by atoms with E-state index in [0.717, 1.165) is 33.8 Å². The number of anilines is 2. The number of aromatic nitrogens is 2. The van der Waals surface area contributed by atoms with Gasteiger partial charge in [0.05, 0.1) is 36.9 Å². The maximum atomic E-state index is 13.6. The lowest BCUT2D eigenvalue weighted by Gasteiger charge is -2.30. The topological polar surface area (TPSA) is 77.4 Å². The predicted molar refractivity (Wildman–Crippen MR) is 129 cm³/mol. The number of ether oxygens (including phenoxy) is 2. The van der Waals surface area contributed by atoms with Gasteiger partial charge in [0.1, 0.15) is 11.5 Å². The number of para-hydroxylation sites is 2. The molecule has 1 aromatic heterocycles. The highest BCUT2D eigenvalue weighted by molar-refractivity contribution is 6.06. The quantitative estimate of drug-likeness (QED) is 0.458. The third kappa shape index (κ3) is 3.67. The molecule has 0 unspecified atom stereocenters. The molecule has 1 aliphatic heterocycles. The number of rotatable bonds is 5. The largest absolute Gasteiger partial charge is 0.497 e. The van der Waals surface area contributed by atoms with Crippen LogP contribution in [0.1, 0.15) is 18.5 Å². The number of hydrogen-bond acceptors (Lipinski definition) is 5. The average Bonchev–Trinajstić information content (AvgIpc) is 3.21. The van der Waals surface area contributed by atoms with Gasteiger partial charge in [-0.05, 0) is 61.0 Å². The van der Waals surface area contributed by atoms with Crippen LogP contribution in [0.15, 0.2) is 84.1 Å². The lowest BCUT2D eigenvalue weighted by Crippen LogP contribution is -2.30. The Balaban J connectivity index is 1.61. The molecule has 2 heterocycles. The molecule has 0 saturated carbocycles. The number of fused-ring (bicyclic) bond motifs is 3. The molecule has 1 atom stereocenters. The second kappa shape index (κ2) is 8.35. The maximum Gasteiger partial charge on any atom is 0.255 e. The lowest BCUT2D eigenvalue weighted by atomic mass is 9.94. The van der Waals surface area contributed by atoms with E-state index in [2.05, 4.69) is 15.2 Å². The predicted octanol–water partition coefficient (Wildman–Crippen LogP) is 4.98. The second-order valence-electron chi connectivity index (χ2n) is 7.82. The molecular formula is C26H24N4O3. The zero-order valence-electron chi connectivity index (χ0n) is 18.6. The molecule has 3 aromatic carbocycles. The summed E-state index contributed by atoms with van der Waals surface area (Å²) in [4.78, 5) is 18.4. The summed E-state index contributed by atoms with van der Waals surface area (Å²) < 4.78 is 12.6. The minimum atomic E-state index is -0.363. The van der Waals surface area contributed by atoms with Gasteiger partial charge >= 0.3 is 0 Å². The number of hydrogen-bond donors (Lipinski definition) is 2. The molecule has 0 spiro atoms. The first kappa shape index (κ1) is 20.6. The van der Waals surface area contributed by atoms with Crippen molar-refractivity contribution in [2.45, 2.75) is 13.0 Å². The van der Waals surface area contributed by atoms with E-state index in [1.807, 2.05) is 79.7 Å². The van der Waals surface area contributed by atoms with Gasteiger partial charge in [-0.25, -0.2) is 4.98 Å². The van der Waals surface area contributed by atoms with Gasteiger partial charge in [-0.2, -0.15) is 0 Å². The SMILES string of the molecule is COc1ccc(NC(=O)C2=C(C)Nc3nc4ccccc4n3[C@@H]2c2ccc(OC)cc2)cc1. The maximum absolute atomic E-state index is 13.6. The summed E-state index contributed by atoms with van der Waals surface area (Å²) in [6, 6.07) is 22.6. The van der Waals surface area contributed by atoms with Crippen molar-refractivity contribution >= 4 is 28.6 Å². The Morgan fingerprint density at radius 1 is 0.939 bits per heavy atom. The molecule has 7 heteroatoms. The molecule has 166 valence electrons. The summed E-state index contributed by atoms with van der Waals surface area (Å²) >= 11 is 0. The molecule has 0 saturated heterocycles. The molecule has 7 nitrogen and oxygen atoms in total. The Kier molecular flexibility index (Phi) is 5.22. The highest BCUT2D eigenvalue weighted by atomic mass is 16.5. The smallest absolute Gasteiger partial charge is 0.255 e. The fourth-order valence-electron chi connectivity index (χ4n) is 4.23. The standard InChI is InChI=1S/C26H24N4O3/c1-16-23(25(31)28-18-10-14-20(33-3)15-11-18)24(17-8-12-19(32-2)13-9-17)30-22-7-5-4-6-21(22)29-26(30)27-16/h4-15,24H,1-3H3,(H,27,29)(H,28,31)/t24-/m1/s1. The van der Waals surface area contributed by atoms with Crippen LogP contribution in [0, 0.1) is 0 Å². The van der Waals surface area contributed by atoms with Crippen LogP contribution >= 0.6 is 0 Å². The van der Waals surface area contributed by atoms with Gasteiger partial charge in [0.15, 0.2) is 0 Å². The number of benzene rings is 3. The minimum absolute atomic E-state index is 0.186. The Hall–Kier alpha value is -4.26. The highest BCUT2D eigenvalue weighted by Crippen LogP contribution is 2.39. The van der Waals surface area contributed by atoms with E-state index in [1.54, 1.807) is 14.2 Å². The first-order chi connectivity index (χ1) is 16.1. The summed E-state index contributed by atoms with van der Waals surface area (Å²) in [5.41, 5.74) is 4.83. The van der Waals surface area contributed by atoms with Crippen molar-refractivity contribution in [2.24, 2.45) is 0 Å². The number of carbonyl (C=O) groups excluding carboxylic acids is 1. The number of allylic oxidation sites excluding steroid dienone is 1. The number of methoxy groups -OCH3 is 2. The molecule has 0 fully saturated rings. The van der Waals surface area contributed by atoms with E-state index in [-0.39, 0.29) is 11.9 Å². The third-order valence-electron chi connectivity index (χ3n) is 5.85. The Labute approximate surface area is 191 Å². The molecule has 1 amide bonds. The van der Waals surface area contributed by atoms with Gasteiger partial charge in [0.25, 0.3) is 5.91 Å². The van der Waals surface area contributed by atoms with Crippen LogP contribution in [-0.2, 0) is 4.79 Å². The van der Waals surface area contributed by atoms with Gasteiger partial charge in [-0.3, -0.25) is 9.36 Å². The van der Waals surface area contributed by atoms with Gasteiger partial charge < -0.3 is 20.1 Å². The van der Waals surface area contributed by atoms with E-state index in [0.29, 0.717) is 17.2 Å². The summed E-state index contributed by atoms with van der Waals surface area (Å²) in [6.07, 6.45) is 0. The van der Waals surface area contributed by atoms with Crippen LogP contribution in [-0.4, -0.2) is 29.7 Å². The summed E-state index contributed by atoms with van der Waals surface area (Å²) in [7, 11) is 3.25. The van der Waals surface area contributed by atoms with Crippen LogP contribution < -0.4 is 20.1 Å². The van der Waals surface area contributed by atoms with E-state index in [9.17, 15) is 4.79 Å². The molecule has 33 heavy (non-hydrogen) atoms. The Bertz CT molecular complexity index is 1350. The molecule has 0 bridgehead atoms. The van der Waals surface area contributed by atoms with Crippen molar-refractivity contribution in [1.29, 1.82) is 0 Å². The number of imidazole rings is 1. The average molecular weight is 441 g/mol. The van der Waals surface area contributed by atoms with Crippen molar-refractivity contribution in [1.82, 2.24) is 9.55 Å². The van der Waals surface area contributed by atoms with E-state index in [4.69, 9.17) is 14.5 Å². The summed E-state index contributed by atoms with van der Waals surface area (Å²) in [5, 5.41) is 6.37. The van der Waals surface area contributed by atoms with Crippen LogP contribution in [0.3, 0.4) is 0 Å². The zero-order chi connectivity index (χ0) is 22.9. The van der Waals surface area contributed by atoms with Crippen molar-refractivity contribution in [2.75, 3.05) is 24.9 Å². The van der Waals surface area contributed by atoms with E-state index < -0.39 is 0 Å². The third-order valence-corrected chi connectivity index (χ3v) is 5.85. The summed E-state index contributed by atoms with van der Waals surface area (Å²) in [5.74, 6) is 2.01. The number of carbonyl (C=O) groups is 1. The first-order valence-electron chi connectivity index (χ1n) is 10.6. The molecule has 0 radical (unpaired) electrons. The molecule has 4 aromatic rings. The van der Waals surface area contributed by atoms with Gasteiger partial charge in [-0.15, -0.1) is 0 Å². The number of amides is 1. The van der Waals surface area contributed by atoms with Gasteiger partial charge in [-0.1, -0.05) is 24.3 Å². The van der Waals surface area contributed by atoms with Crippen molar-refractivity contribution in [3.8, 4) is 11.5 Å². The Morgan fingerprint density at radius 2 is 1.58 bits per heavy atom. The molecule has 5 rings (SSSR count). The monoisotopic (exact) mass is 440 g/mol. The lowest BCUT2D eigenvalue weighted by molar-refractivity contribution is -0.113. The minimum Gasteiger partial charge on any atom is -0.497 e. The molecule has 0 aliphatic carbocycles. The van der Waals surface area contributed by atoms with Gasteiger partial charge in [0.2, 0.25) is 5.95 Å². The van der Waals surface area contributed by atoms with Crippen molar-refractivity contribution in [3.63, 3.8) is 0 Å². The van der Waals surface area contributed by atoms with E-state index >= 15 is 0 Å². The Morgan fingerprint density at radius 3 is 2.24 bits per heavy atom. The molecule has 2 N–H and O–H groups in total. The fourth-order valence-corrected chi connectivity index (χ4v) is 4.23. The highest BCUT2D eigenvalue weighted by Gasteiger charge is 2.34. The van der Waals surface area contributed by atoms with Crippen LogP contribution in [0.2, 0.25) is 0 Å². The number of nitrogens with zero attached hydrogens (tertiary/aromatic N) is 2.